The van der Waals surface area contributed by atoms with Crippen molar-refractivity contribution in [3.8, 4) is 16.9 Å². The molecule has 0 radical (unpaired) electrons. The van der Waals surface area contributed by atoms with Gasteiger partial charge in [0.1, 0.15) is 5.82 Å². The molecule has 0 unspecified atom stereocenters. The summed E-state index contributed by atoms with van der Waals surface area (Å²) < 4.78 is 15.2. The highest BCUT2D eigenvalue weighted by Crippen LogP contribution is 2.26. The third-order valence-electron chi connectivity index (χ3n) is 4.97. The molecule has 0 saturated heterocycles. The molecule has 2 heterocycles. The number of hydrogen-bond donors (Lipinski definition) is 2. The van der Waals surface area contributed by atoms with Gasteiger partial charge in [0.25, 0.3) is 5.91 Å². The first kappa shape index (κ1) is 23.8. The molecule has 0 atom stereocenters. The van der Waals surface area contributed by atoms with E-state index in [0.29, 0.717) is 21.8 Å². The van der Waals surface area contributed by atoms with E-state index < -0.39 is 5.91 Å². The zero-order valence-corrected chi connectivity index (χ0v) is 20.6. The van der Waals surface area contributed by atoms with E-state index in [9.17, 15) is 14.0 Å². The van der Waals surface area contributed by atoms with Crippen molar-refractivity contribution in [2.24, 2.45) is 0 Å². The summed E-state index contributed by atoms with van der Waals surface area (Å²) in [6.07, 6.45) is 3.39. The van der Waals surface area contributed by atoms with Crippen molar-refractivity contribution in [3.63, 3.8) is 0 Å². The second kappa shape index (κ2) is 10.7. The number of benzene rings is 2. The quantitative estimate of drug-likeness (QED) is 0.299. The lowest BCUT2D eigenvalue weighted by atomic mass is 10.1. The Kier molecular flexibility index (Phi) is 7.49. The predicted octanol–water partition coefficient (Wildman–Crippen LogP) is 5.22. The molecular formula is C24H21BrFN5O2S. The van der Waals surface area contributed by atoms with Crippen LogP contribution in [-0.2, 0) is 11.2 Å². The Morgan fingerprint density at radius 2 is 1.85 bits per heavy atom. The maximum Gasteiger partial charge on any atom is 0.279 e. The summed E-state index contributed by atoms with van der Waals surface area (Å²) in [7, 11) is 0. The van der Waals surface area contributed by atoms with Crippen LogP contribution in [0, 0.1) is 5.82 Å². The van der Waals surface area contributed by atoms with Crippen LogP contribution in [0.1, 0.15) is 29.4 Å². The minimum atomic E-state index is -0.400. The molecule has 34 heavy (non-hydrogen) atoms. The molecule has 2 amide bonds. The molecule has 4 rings (SSSR count). The highest BCUT2D eigenvalue weighted by Gasteiger charge is 2.18. The van der Waals surface area contributed by atoms with Gasteiger partial charge in [-0.05, 0) is 58.6 Å². The van der Waals surface area contributed by atoms with E-state index in [0.717, 1.165) is 24.1 Å². The average Bonchev–Trinajstić information content (AvgIpc) is 3.44. The monoisotopic (exact) mass is 541 g/mol. The number of nitrogens with one attached hydrogen (secondary N) is 2. The third-order valence-corrected chi connectivity index (χ3v) is 6.30. The van der Waals surface area contributed by atoms with Gasteiger partial charge in [0.2, 0.25) is 5.91 Å². The van der Waals surface area contributed by atoms with E-state index in [1.807, 2.05) is 29.6 Å². The molecule has 0 bridgehead atoms. The molecule has 0 aliphatic carbocycles. The maximum atomic E-state index is 13.2. The molecule has 2 aromatic carbocycles. The molecule has 0 aliphatic rings. The van der Waals surface area contributed by atoms with Gasteiger partial charge in [0, 0.05) is 30.6 Å². The van der Waals surface area contributed by atoms with E-state index >= 15 is 0 Å². The second-order valence-corrected chi connectivity index (χ2v) is 9.23. The van der Waals surface area contributed by atoms with Crippen molar-refractivity contribution in [2.75, 3.05) is 11.9 Å². The number of amides is 2. The van der Waals surface area contributed by atoms with Crippen molar-refractivity contribution in [2.45, 2.75) is 19.8 Å². The Morgan fingerprint density at radius 3 is 2.56 bits per heavy atom. The number of carbonyl (C=O) groups excluding carboxylic acids is 2. The third kappa shape index (κ3) is 5.95. The number of hydrogen-bond acceptors (Lipinski definition) is 5. The first-order valence-electron chi connectivity index (χ1n) is 10.5. The van der Waals surface area contributed by atoms with Crippen LogP contribution in [0.3, 0.4) is 0 Å². The summed E-state index contributed by atoms with van der Waals surface area (Å²) in [5.74, 6) is -0.761. The Balaban J connectivity index is 1.39. The lowest BCUT2D eigenvalue weighted by Gasteiger charge is -2.04. The summed E-state index contributed by atoms with van der Waals surface area (Å²) in [4.78, 5) is 28.2. The van der Waals surface area contributed by atoms with Crippen molar-refractivity contribution < 1.29 is 14.0 Å². The Bertz CT molecular complexity index is 1300. The Hall–Kier alpha value is -3.37. The molecule has 4 aromatic rings. The largest absolute Gasteiger partial charge is 0.356 e. The maximum absolute atomic E-state index is 13.2. The van der Waals surface area contributed by atoms with Gasteiger partial charge in [0.05, 0.1) is 15.9 Å². The number of nitrogens with zero attached hydrogens (tertiary/aromatic N) is 3. The van der Waals surface area contributed by atoms with Gasteiger partial charge in [0.15, 0.2) is 10.8 Å². The van der Waals surface area contributed by atoms with Gasteiger partial charge in [-0.25, -0.2) is 14.1 Å². The number of thiazole rings is 1. The molecule has 2 aromatic heterocycles. The van der Waals surface area contributed by atoms with E-state index in [1.54, 1.807) is 18.3 Å². The highest BCUT2D eigenvalue weighted by atomic mass is 79.9. The van der Waals surface area contributed by atoms with Crippen LogP contribution in [0.5, 0.6) is 0 Å². The van der Waals surface area contributed by atoms with Crippen molar-refractivity contribution in [1.29, 1.82) is 0 Å². The van der Waals surface area contributed by atoms with Gasteiger partial charge < -0.3 is 5.32 Å². The van der Waals surface area contributed by atoms with Gasteiger partial charge in [-0.3, -0.25) is 14.9 Å². The Morgan fingerprint density at radius 1 is 1.12 bits per heavy atom. The zero-order valence-electron chi connectivity index (χ0n) is 18.2. The first-order chi connectivity index (χ1) is 16.4. The van der Waals surface area contributed by atoms with Crippen LogP contribution in [0.15, 0.2) is 64.6 Å². The average molecular weight is 542 g/mol. The van der Waals surface area contributed by atoms with Gasteiger partial charge in [-0.2, -0.15) is 5.10 Å². The second-order valence-electron chi connectivity index (χ2n) is 7.52. The SMILES string of the molecule is CC(=O)NCCCc1ccc(-c2csc(NC(=O)c3nn(-c4ccc(F)cc4)cc3Br)n2)cc1. The van der Waals surface area contributed by atoms with E-state index in [1.165, 1.54) is 40.6 Å². The summed E-state index contributed by atoms with van der Waals surface area (Å²) >= 11 is 4.69. The van der Waals surface area contributed by atoms with Gasteiger partial charge in [-0.15, -0.1) is 11.3 Å². The fourth-order valence-electron chi connectivity index (χ4n) is 3.25. The van der Waals surface area contributed by atoms with Crippen molar-refractivity contribution in [3.05, 3.63) is 81.7 Å². The van der Waals surface area contributed by atoms with Crippen LogP contribution in [0.4, 0.5) is 9.52 Å². The van der Waals surface area contributed by atoms with Crippen LogP contribution >= 0.6 is 27.3 Å². The lowest BCUT2D eigenvalue weighted by Crippen LogP contribution is -2.21. The topological polar surface area (TPSA) is 88.9 Å². The standard InChI is InChI=1S/C24H21BrFN5O2S/c1-15(32)27-12-2-3-16-4-6-17(7-5-16)21-14-34-24(28-21)29-23(33)22-20(25)13-31(30-22)19-10-8-18(26)9-11-19/h4-11,13-14H,2-3,12H2,1H3,(H,27,32)(H,28,29,33). The summed E-state index contributed by atoms with van der Waals surface area (Å²) in [5.41, 5.74) is 3.73. The molecule has 0 spiro atoms. The molecule has 7 nitrogen and oxygen atoms in total. The summed E-state index contributed by atoms with van der Waals surface area (Å²) in [6, 6.07) is 13.9. The molecule has 0 fully saturated rings. The fraction of sp³-hybridized carbons (Fsp3) is 0.167. The molecule has 174 valence electrons. The van der Waals surface area contributed by atoms with Crippen LogP contribution < -0.4 is 10.6 Å². The molecule has 2 N–H and O–H groups in total. The minimum absolute atomic E-state index is 0.0182. The normalized spacial score (nSPS) is 10.8. The number of aromatic nitrogens is 3. The minimum Gasteiger partial charge on any atom is -0.356 e. The predicted molar refractivity (Wildman–Crippen MR) is 134 cm³/mol. The smallest absolute Gasteiger partial charge is 0.279 e. The Labute approximate surface area is 208 Å². The van der Waals surface area contributed by atoms with Crippen molar-refractivity contribution >= 4 is 44.2 Å². The summed E-state index contributed by atoms with van der Waals surface area (Å²) in [5, 5.41) is 12.2. The number of halogens is 2. The number of rotatable bonds is 8. The lowest BCUT2D eigenvalue weighted by molar-refractivity contribution is -0.118. The fourth-order valence-corrected chi connectivity index (χ4v) is 4.42. The molecule has 0 saturated carbocycles. The van der Waals surface area contributed by atoms with Crippen LogP contribution in [0.25, 0.3) is 16.9 Å². The van der Waals surface area contributed by atoms with Crippen LogP contribution in [-0.4, -0.2) is 33.1 Å². The number of aryl methyl sites for hydroxylation is 1. The molecule has 10 heteroatoms. The highest BCUT2D eigenvalue weighted by molar-refractivity contribution is 9.10. The van der Waals surface area contributed by atoms with Crippen LogP contribution in [0.2, 0.25) is 0 Å². The number of anilines is 1. The van der Waals surface area contributed by atoms with E-state index in [4.69, 9.17) is 0 Å². The molecular weight excluding hydrogens is 521 g/mol. The van der Waals surface area contributed by atoms with Crippen molar-refractivity contribution in [1.82, 2.24) is 20.1 Å². The van der Waals surface area contributed by atoms with Gasteiger partial charge >= 0.3 is 0 Å². The van der Waals surface area contributed by atoms with E-state index in [-0.39, 0.29) is 17.4 Å². The number of carbonyl (C=O) groups is 2. The van der Waals surface area contributed by atoms with Gasteiger partial charge in [-0.1, -0.05) is 24.3 Å². The van der Waals surface area contributed by atoms with E-state index in [2.05, 4.69) is 36.6 Å². The zero-order chi connectivity index (χ0) is 24.1. The molecule has 0 aliphatic heterocycles. The first-order valence-corrected chi connectivity index (χ1v) is 12.2. The summed E-state index contributed by atoms with van der Waals surface area (Å²) in [6.45, 7) is 2.17.